The molecule has 0 aromatic heterocycles. The van der Waals surface area contributed by atoms with Gasteiger partial charge in [0, 0.05) is 0 Å². The standard InChI is InChI=1S/C5H8NO2.2ClH.Pt/c7-5(8)4-2-1-3-6-4;;;/h4H,1-3H2,(H,7,8);2*1H;/q-1;;;+2/p-2. The van der Waals surface area contributed by atoms with E-state index < -0.39 is 28.5 Å². The normalized spacial score (nSPS) is 22.5. The predicted octanol–water partition coefficient (Wildman–Crippen LogP) is 1.98. The molecule has 11 heavy (non-hydrogen) atoms. The summed E-state index contributed by atoms with van der Waals surface area (Å²) in [6.45, 7) is 0.733. The molecule has 0 saturated carbocycles. The number of carboxylic acids is 1. The topological polar surface area (TPSA) is 51.4 Å². The Morgan fingerprint density at radius 1 is 1.64 bits per heavy atom. The number of halogens is 2. The van der Waals surface area contributed by atoms with Gasteiger partial charge in [0.2, 0.25) is 0 Å². The molecule has 0 aromatic carbocycles. The van der Waals surface area contributed by atoms with Crippen molar-refractivity contribution in [1.29, 1.82) is 0 Å². The predicted molar refractivity (Wildman–Crippen MR) is 40.6 cm³/mol. The Hall–Kier alpha value is 0.698. The summed E-state index contributed by atoms with van der Waals surface area (Å²) >= 11 is -0.472. The zero-order valence-electron chi connectivity index (χ0n) is 5.57. The van der Waals surface area contributed by atoms with E-state index >= 15 is 0 Å². The molecule has 1 rings (SSSR count). The van der Waals surface area contributed by atoms with E-state index in [1.54, 1.807) is 0 Å². The van der Waals surface area contributed by atoms with Crippen LogP contribution in [0.5, 0.6) is 0 Å². The molecule has 0 spiro atoms. The molecule has 1 saturated heterocycles. The van der Waals surface area contributed by atoms with Crippen LogP contribution in [0.3, 0.4) is 0 Å². The monoisotopic (exact) mass is 379 g/mol. The van der Waals surface area contributed by atoms with Crippen LogP contribution in [0, 0.1) is 0 Å². The van der Waals surface area contributed by atoms with E-state index in [1.165, 1.54) is 0 Å². The fraction of sp³-hybridized carbons (Fsp3) is 0.800. The zero-order chi connectivity index (χ0) is 8.69. The van der Waals surface area contributed by atoms with Crippen LogP contribution >= 0.6 is 18.8 Å². The van der Waals surface area contributed by atoms with Crippen molar-refractivity contribution in [1.82, 2.24) is 0 Å². The van der Waals surface area contributed by atoms with Crippen LogP contribution in [0.4, 0.5) is 0 Å². The minimum atomic E-state index is -0.775. The van der Waals surface area contributed by atoms with Crippen LogP contribution in [0.25, 0.3) is 5.32 Å². The van der Waals surface area contributed by atoms with Crippen LogP contribution in [0.15, 0.2) is 0 Å². The number of hydrogen-bond acceptors (Lipinski definition) is 1. The number of aliphatic carboxylic acids is 1. The van der Waals surface area contributed by atoms with Crippen molar-refractivity contribution < 1.29 is 26.4 Å². The Balaban J connectivity index is 0.000000292. The van der Waals surface area contributed by atoms with Crippen molar-refractivity contribution in [3.63, 3.8) is 0 Å². The van der Waals surface area contributed by atoms with E-state index in [9.17, 15) is 4.79 Å². The molecular formula is C5H8Cl2NO2Pt-. The molecule has 0 radical (unpaired) electrons. The molecule has 0 bridgehead atoms. The fourth-order valence-corrected chi connectivity index (χ4v) is 0.825. The Labute approximate surface area is 81.8 Å². The molecule has 1 heterocycles. The van der Waals surface area contributed by atoms with Gasteiger partial charge in [-0.25, -0.2) is 0 Å². The van der Waals surface area contributed by atoms with Gasteiger partial charge < -0.3 is 10.4 Å². The Morgan fingerprint density at radius 3 is 2.36 bits per heavy atom. The van der Waals surface area contributed by atoms with E-state index in [4.69, 9.17) is 23.9 Å². The number of rotatable bonds is 1. The van der Waals surface area contributed by atoms with Gasteiger partial charge in [0.25, 0.3) is 5.97 Å². The third kappa shape index (κ3) is 5.91. The third-order valence-corrected chi connectivity index (χ3v) is 1.27. The van der Waals surface area contributed by atoms with Crippen molar-refractivity contribution >= 4 is 24.8 Å². The molecule has 0 aromatic rings. The summed E-state index contributed by atoms with van der Waals surface area (Å²) in [7, 11) is 9.75. The molecule has 1 aliphatic heterocycles. The van der Waals surface area contributed by atoms with Crippen LogP contribution in [-0.4, -0.2) is 23.7 Å². The summed E-state index contributed by atoms with van der Waals surface area (Å²) in [5.74, 6) is -0.775. The van der Waals surface area contributed by atoms with Crippen LogP contribution in [0.1, 0.15) is 12.8 Å². The molecule has 1 aliphatic rings. The van der Waals surface area contributed by atoms with Crippen LogP contribution in [0.2, 0.25) is 0 Å². The first-order valence-electron chi connectivity index (χ1n) is 2.94. The van der Waals surface area contributed by atoms with Gasteiger partial charge in [0.1, 0.15) is 0 Å². The first-order valence-corrected chi connectivity index (χ1v) is 8.57. The SMILES string of the molecule is O=C(O)C1CCC[N-]1.[Cl][Pt][Cl]. The summed E-state index contributed by atoms with van der Waals surface area (Å²) in [4.78, 5) is 10.1. The van der Waals surface area contributed by atoms with Gasteiger partial charge in [-0.2, -0.15) is 0 Å². The van der Waals surface area contributed by atoms with E-state index in [0.29, 0.717) is 0 Å². The Kier molecular flexibility index (Phi) is 7.82. The average molecular weight is 380 g/mol. The molecule has 0 amide bonds. The third-order valence-electron chi connectivity index (χ3n) is 1.27. The fourth-order valence-electron chi connectivity index (χ4n) is 0.825. The Bertz CT molecular complexity index is 119. The second-order valence-electron chi connectivity index (χ2n) is 1.95. The second kappa shape index (κ2) is 7.35. The quantitative estimate of drug-likeness (QED) is 0.757. The number of hydrogen-bond donors (Lipinski definition) is 1. The first-order chi connectivity index (χ1) is 5.22. The molecule has 3 nitrogen and oxygen atoms in total. The first kappa shape index (κ1) is 11.7. The van der Waals surface area contributed by atoms with Gasteiger partial charge in [0.15, 0.2) is 0 Å². The van der Waals surface area contributed by atoms with Crippen molar-refractivity contribution in [2.45, 2.75) is 18.9 Å². The molecule has 0 aliphatic carbocycles. The number of carbonyl (C=O) groups is 1. The van der Waals surface area contributed by atoms with Crippen LogP contribution < -0.4 is 0 Å². The van der Waals surface area contributed by atoms with Crippen molar-refractivity contribution in [3.8, 4) is 0 Å². The molecule has 1 fully saturated rings. The molecule has 1 atom stereocenters. The molecule has 70 valence electrons. The minimum absolute atomic E-state index is 0.394. The van der Waals surface area contributed by atoms with E-state index in [-0.39, 0.29) is 0 Å². The molecular weight excluding hydrogens is 372 g/mol. The zero-order valence-corrected chi connectivity index (χ0v) is 9.36. The molecule has 6 heteroatoms. The van der Waals surface area contributed by atoms with Gasteiger partial charge in [-0.15, -0.1) is 6.54 Å². The molecule has 1 N–H and O–H groups in total. The van der Waals surface area contributed by atoms with E-state index in [0.717, 1.165) is 19.4 Å². The number of carboxylic acid groups (broad SMARTS) is 1. The summed E-state index contributed by atoms with van der Waals surface area (Å²) in [6, 6.07) is -0.394. The van der Waals surface area contributed by atoms with Crippen molar-refractivity contribution in [3.05, 3.63) is 5.32 Å². The van der Waals surface area contributed by atoms with E-state index in [2.05, 4.69) is 5.32 Å². The molecule has 1 unspecified atom stereocenters. The number of nitrogens with zero attached hydrogens (tertiary/aromatic N) is 1. The summed E-state index contributed by atoms with van der Waals surface area (Å²) in [5.41, 5.74) is 0. The van der Waals surface area contributed by atoms with Gasteiger partial charge >= 0.3 is 35.3 Å². The summed E-state index contributed by atoms with van der Waals surface area (Å²) in [5, 5.41) is 12.2. The van der Waals surface area contributed by atoms with Crippen molar-refractivity contribution in [2.75, 3.05) is 6.54 Å². The average Bonchev–Trinajstić information content (AvgIpc) is 2.38. The van der Waals surface area contributed by atoms with Crippen LogP contribution in [-0.2, 0) is 21.3 Å². The van der Waals surface area contributed by atoms with Gasteiger partial charge in [-0.05, 0) is 6.04 Å². The van der Waals surface area contributed by atoms with Gasteiger partial charge in [0.05, 0.1) is 0 Å². The maximum atomic E-state index is 10.1. The van der Waals surface area contributed by atoms with Crippen molar-refractivity contribution in [2.24, 2.45) is 0 Å². The van der Waals surface area contributed by atoms with E-state index in [1.807, 2.05) is 0 Å². The maximum absolute atomic E-state index is 10.1. The summed E-state index contributed by atoms with van der Waals surface area (Å²) < 4.78 is 0. The van der Waals surface area contributed by atoms with Gasteiger partial charge in [-0.1, -0.05) is 12.8 Å². The van der Waals surface area contributed by atoms with Gasteiger partial charge in [-0.3, -0.25) is 4.79 Å². The summed E-state index contributed by atoms with van der Waals surface area (Å²) in [6.07, 6.45) is 1.67. The Morgan fingerprint density at radius 2 is 2.18 bits per heavy atom. The second-order valence-corrected chi connectivity index (χ2v) is 5.23.